The fourth-order valence-electron chi connectivity index (χ4n) is 3.02. The van der Waals surface area contributed by atoms with Crippen molar-refractivity contribution in [1.82, 2.24) is 9.78 Å². The van der Waals surface area contributed by atoms with Crippen molar-refractivity contribution in [1.29, 1.82) is 0 Å². The minimum atomic E-state index is -0.835. The first-order valence-electron chi connectivity index (χ1n) is 9.21. The molecule has 0 amide bonds. The number of ether oxygens (including phenoxy) is 2. The molecule has 0 radical (unpaired) electrons. The number of rotatable bonds is 8. The van der Waals surface area contributed by atoms with Crippen LogP contribution in [0.3, 0.4) is 0 Å². The summed E-state index contributed by atoms with van der Waals surface area (Å²) in [6.07, 6.45) is 0.390. The highest BCUT2D eigenvalue weighted by Crippen LogP contribution is 2.28. The van der Waals surface area contributed by atoms with Crippen molar-refractivity contribution >= 4 is 17.6 Å². The number of aromatic nitrogens is 2. The Kier molecular flexibility index (Phi) is 6.44. The number of aliphatic carboxylic acids is 1. The molecule has 0 bridgehead atoms. The zero-order valence-electron chi connectivity index (χ0n) is 16.6. The van der Waals surface area contributed by atoms with Crippen molar-refractivity contribution in [2.45, 2.75) is 26.9 Å². The fraction of sp³-hybridized carbons (Fsp3) is 0.273. The Balaban J connectivity index is 1.76. The van der Waals surface area contributed by atoms with Crippen LogP contribution in [-0.2, 0) is 17.8 Å². The van der Waals surface area contributed by atoms with E-state index in [1.807, 2.05) is 54.1 Å². The van der Waals surface area contributed by atoms with Crippen molar-refractivity contribution in [3.05, 3.63) is 70.5 Å². The van der Waals surface area contributed by atoms with Crippen LogP contribution < -0.4 is 9.47 Å². The first-order chi connectivity index (χ1) is 13.9. The zero-order chi connectivity index (χ0) is 21.0. The van der Waals surface area contributed by atoms with E-state index in [-0.39, 0.29) is 0 Å². The van der Waals surface area contributed by atoms with E-state index in [0.29, 0.717) is 29.5 Å². The van der Waals surface area contributed by atoms with Gasteiger partial charge in [-0.05, 0) is 55.3 Å². The second-order valence-electron chi connectivity index (χ2n) is 6.87. The van der Waals surface area contributed by atoms with Crippen LogP contribution in [0, 0.1) is 12.8 Å². The lowest BCUT2D eigenvalue weighted by atomic mass is 10.0. The SMILES string of the molecule is COc1cc(OCc2cc(C)nn2-c2ccc(Cl)cc2)ccc1CC(C)C(=O)O. The van der Waals surface area contributed by atoms with Crippen LogP contribution in [-0.4, -0.2) is 28.0 Å². The normalized spacial score (nSPS) is 11.9. The highest BCUT2D eigenvalue weighted by atomic mass is 35.5. The number of hydrogen-bond acceptors (Lipinski definition) is 4. The molecule has 0 fully saturated rings. The average Bonchev–Trinajstić information content (AvgIpc) is 3.08. The average molecular weight is 415 g/mol. The molecule has 0 saturated carbocycles. The summed E-state index contributed by atoms with van der Waals surface area (Å²) in [6.45, 7) is 3.92. The van der Waals surface area contributed by atoms with Crippen molar-refractivity contribution in [3.63, 3.8) is 0 Å². The minimum absolute atomic E-state index is 0.317. The Bertz CT molecular complexity index is 999. The Morgan fingerprint density at radius 3 is 2.59 bits per heavy atom. The van der Waals surface area contributed by atoms with E-state index in [1.54, 1.807) is 20.1 Å². The molecule has 0 aliphatic heterocycles. The predicted molar refractivity (Wildman–Crippen MR) is 111 cm³/mol. The Morgan fingerprint density at radius 2 is 1.93 bits per heavy atom. The molecular formula is C22H23ClN2O4. The van der Waals surface area contributed by atoms with Crippen molar-refractivity contribution in [3.8, 4) is 17.2 Å². The summed E-state index contributed by atoms with van der Waals surface area (Å²) < 4.78 is 13.2. The van der Waals surface area contributed by atoms with Gasteiger partial charge in [0.2, 0.25) is 0 Å². The monoisotopic (exact) mass is 414 g/mol. The molecule has 29 heavy (non-hydrogen) atoms. The Hall–Kier alpha value is -2.99. The number of benzene rings is 2. The predicted octanol–water partition coefficient (Wildman–Crippen LogP) is 4.68. The first-order valence-corrected chi connectivity index (χ1v) is 9.59. The number of carboxylic acid groups (broad SMARTS) is 1. The molecule has 6 nitrogen and oxygen atoms in total. The van der Waals surface area contributed by atoms with Crippen LogP contribution in [0.15, 0.2) is 48.5 Å². The Morgan fingerprint density at radius 1 is 1.21 bits per heavy atom. The van der Waals surface area contributed by atoms with E-state index in [1.165, 1.54) is 0 Å². The van der Waals surface area contributed by atoms with Crippen LogP contribution in [0.4, 0.5) is 0 Å². The van der Waals surface area contributed by atoms with E-state index in [4.69, 9.17) is 26.2 Å². The van der Waals surface area contributed by atoms with Gasteiger partial charge in [-0.15, -0.1) is 0 Å². The van der Waals surface area contributed by atoms with Gasteiger partial charge in [-0.2, -0.15) is 5.10 Å². The maximum Gasteiger partial charge on any atom is 0.306 e. The van der Waals surface area contributed by atoms with E-state index >= 15 is 0 Å². The summed E-state index contributed by atoms with van der Waals surface area (Å²) in [4.78, 5) is 11.1. The van der Waals surface area contributed by atoms with Gasteiger partial charge >= 0.3 is 5.97 Å². The van der Waals surface area contributed by atoms with E-state index in [2.05, 4.69) is 5.10 Å². The topological polar surface area (TPSA) is 73.6 Å². The highest BCUT2D eigenvalue weighted by Gasteiger charge is 2.15. The number of nitrogens with zero attached hydrogens (tertiary/aromatic N) is 2. The third-order valence-corrected chi connectivity index (χ3v) is 4.82. The second kappa shape index (κ2) is 9.01. The molecule has 1 aromatic heterocycles. The number of carboxylic acids is 1. The standard InChI is InChI=1S/C22H23ClN2O4/c1-14(22(26)27)10-16-4-9-20(12-21(16)28-3)29-13-19-11-15(2)24-25(19)18-7-5-17(23)6-8-18/h4-9,11-12,14H,10,13H2,1-3H3,(H,26,27). The zero-order valence-corrected chi connectivity index (χ0v) is 17.3. The molecule has 1 heterocycles. The summed E-state index contributed by atoms with van der Waals surface area (Å²) in [7, 11) is 1.56. The largest absolute Gasteiger partial charge is 0.496 e. The maximum absolute atomic E-state index is 11.1. The van der Waals surface area contributed by atoms with Gasteiger partial charge in [0.15, 0.2) is 0 Å². The number of aryl methyl sites for hydroxylation is 1. The molecule has 1 unspecified atom stereocenters. The molecule has 0 spiro atoms. The van der Waals surface area contributed by atoms with Gasteiger partial charge in [0.05, 0.1) is 30.1 Å². The van der Waals surface area contributed by atoms with Crippen molar-refractivity contribution in [2.24, 2.45) is 5.92 Å². The van der Waals surface area contributed by atoms with Gasteiger partial charge in [0.1, 0.15) is 18.1 Å². The van der Waals surface area contributed by atoms with Gasteiger partial charge in [-0.3, -0.25) is 4.79 Å². The van der Waals surface area contributed by atoms with Gasteiger partial charge in [0.25, 0.3) is 0 Å². The molecule has 0 saturated heterocycles. The molecule has 2 aromatic carbocycles. The first kappa shape index (κ1) is 20.7. The molecular weight excluding hydrogens is 392 g/mol. The van der Waals surface area contributed by atoms with Gasteiger partial charge in [-0.25, -0.2) is 4.68 Å². The lowest BCUT2D eigenvalue weighted by Gasteiger charge is -2.14. The third-order valence-electron chi connectivity index (χ3n) is 4.57. The van der Waals surface area contributed by atoms with Crippen molar-refractivity contribution < 1.29 is 19.4 Å². The lowest BCUT2D eigenvalue weighted by Crippen LogP contribution is -2.13. The smallest absolute Gasteiger partial charge is 0.306 e. The summed E-state index contributed by atoms with van der Waals surface area (Å²) in [6, 6.07) is 14.9. The fourth-order valence-corrected chi connectivity index (χ4v) is 3.15. The van der Waals surface area contributed by atoms with Gasteiger partial charge in [0, 0.05) is 11.1 Å². The Labute approximate surface area is 174 Å². The molecule has 0 aliphatic carbocycles. The van der Waals surface area contributed by atoms with E-state index in [9.17, 15) is 4.79 Å². The summed E-state index contributed by atoms with van der Waals surface area (Å²) in [5.41, 5.74) is 3.51. The molecule has 1 atom stereocenters. The molecule has 1 N–H and O–H groups in total. The lowest BCUT2D eigenvalue weighted by molar-refractivity contribution is -0.141. The second-order valence-corrected chi connectivity index (χ2v) is 7.31. The van der Waals surface area contributed by atoms with Crippen molar-refractivity contribution in [2.75, 3.05) is 7.11 Å². The minimum Gasteiger partial charge on any atom is -0.496 e. The third kappa shape index (κ3) is 5.09. The van der Waals surface area contributed by atoms with Crippen LogP contribution in [0.2, 0.25) is 5.02 Å². The van der Waals surface area contributed by atoms with Gasteiger partial charge < -0.3 is 14.6 Å². The summed E-state index contributed by atoms with van der Waals surface area (Å²) in [5.74, 6) is -0.0846. The quantitative estimate of drug-likeness (QED) is 0.579. The summed E-state index contributed by atoms with van der Waals surface area (Å²) >= 11 is 5.98. The number of halogens is 1. The maximum atomic E-state index is 11.1. The molecule has 152 valence electrons. The number of hydrogen-bond donors (Lipinski definition) is 1. The molecule has 7 heteroatoms. The number of carbonyl (C=O) groups is 1. The van der Waals surface area contributed by atoms with E-state index < -0.39 is 11.9 Å². The summed E-state index contributed by atoms with van der Waals surface area (Å²) in [5, 5.41) is 14.3. The van der Waals surface area contributed by atoms with Crippen LogP contribution >= 0.6 is 11.6 Å². The highest BCUT2D eigenvalue weighted by molar-refractivity contribution is 6.30. The van der Waals surface area contributed by atoms with Gasteiger partial charge in [-0.1, -0.05) is 24.6 Å². The van der Waals surface area contributed by atoms with Crippen LogP contribution in [0.25, 0.3) is 5.69 Å². The molecule has 3 aromatic rings. The van der Waals surface area contributed by atoms with Crippen LogP contribution in [0.5, 0.6) is 11.5 Å². The van der Waals surface area contributed by atoms with Crippen LogP contribution in [0.1, 0.15) is 23.9 Å². The molecule has 3 rings (SSSR count). The molecule has 0 aliphatic rings. The number of methoxy groups -OCH3 is 1. The van der Waals surface area contributed by atoms with E-state index in [0.717, 1.165) is 22.6 Å².